The van der Waals surface area contributed by atoms with Gasteiger partial charge >= 0.3 is 6.15 Å². The summed E-state index contributed by atoms with van der Waals surface area (Å²) in [6.07, 6.45) is 2.45. The Kier molecular flexibility index (Phi) is 7.77. The molecular weight excluding hydrogens is 484 g/mol. The highest BCUT2D eigenvalue weighted by atomic mass is 19.1. The van der Waals surface area contributed by atoms with Crippen molar-refractivity contribution >= 4 is 11.9 Å². The number of aromatic nitrogens is 5. The molecule has 11 heteroatoms. The number of Topliss-reactive ketones (excluding diaryl/α,β-unsaturated/α-hetero) is 1. The lowest BCUT2D eigenvalue weighted by atomic mass is 10.1. The Morgan fingerprint density at radius 1 is 0.946 bits per heavy atom. The average Bonchev–Trinajstić information content (AvgIpc) is 3.58. The molecule has 3 aromatic heterocycles. The van der Waals surface area contributed by atoms with Crippen LogP contribution in [0.1, 0.15) is 21.6 Å². The van der Waals surface area contributed by atoms with Crippen LogP contribution in [0.2, 0.25) is 0 Å². The lowest BCUT2D eigenvalue weighted by molar-refractivity contribution is -0.191. The molecule has 0 saturated carbocycles. The predicted molar refractivity (Wildman–Crippen MR) is 124 cm³/mol. The molecule has 0 spiro atoms. The molecule has 5 rings (SSSR count). The van der Waals surface area contributed by atoms with Gasteiger partial charge in [0.1, 0.15) is 23.5 Å². The van der Waals surface area contributed by atoms with Crippen molar-refractivity contribution in [1.82, 2.24) is 24.9 Å². The molecule has 0 amide bonds. The molecular formula is C26H17F2N5O4. The van der Waals surface area contributed by atoms with Crippen molar-refractivity contribution < 1.29 is 27.7 Å². The molecule has 0 unspecified atom stereocenters. The van der Waals surface area contributed by atoms with Gasteiger partial charge in [0.15, 0.2) is 17.4 Å². The van der Waals surface area contributed by atoms with E-state index in [0.717, 1.165) is 6.20 Å². The Bertz CT molecular complexity index is 1550. The number of ketones is 1. The molecule has 184 valence electrons. The van der Waals surface area contributed by atoms with Gasteiger partial charge in [0, 0.05) is 17.2 Å². The van der Waals surface area contributed by atoms with Gasteiger partial charge in [0.05, 0.1) is 30.6 Å². The molecule has 0 aliphatic heterocycles. The summed E-state index contributed by atoms with van der Waals surface area (Å²) in [5.41, 5.74) is 2.20. The highest BCUT2D eigenvalue weighted by molar-refractivity contribution is 5.97. The Morgan fingerprint density at radius 3 is 2.38 bits per heavy atom. The lowest BCUT2D eigenvalue weighted by Gasteiger charge is -2.06. The van der Waals surface area contributed by atoms with Crippen molar-refractivity contribution in [2.75, 3.05) is 0 Å². The number of nitrogens with zero attached hydrogens (tertiary/aromatic N) is 5. The third kappa shape index (κ3) is 5.92. The van der Waals surface area contributed by atoms with Gasteiger partial charge < -0.3 is 4.52 Å². The molecule has 0 aliphatic carbocycles. The summed E-state index contributed by atoms with van der Waals surface area (Å²) in [5, 5.41) is 8.46. The quantitative estimate of drug-likeness (QED) is 0.305. The summed E-state index contributed by atoms with van der Waals surface area (Å²) >= 11 is 0. The molecule has 0 N–H and O–H groups in total. The summed E-state index contributed by atoms with van der Waals surface area (Å²) in [6.45, 7) is 0.120. The second kappa shape index (κ2) is 11.5. The molecule has 5 aromatic rings. The van der Waals surface area contributed by atoms with E-state index in [1.54, 1.807) is 65.3 Å². The van der Waals surface area contributed by atoms with Gasteiger partial charge in [0.2, 0.25) is 0 Å². The molecule has 0 atom stereocenters. The SMILES string of the molecule is O=C(Cc1nc(-c2cc(-c3ccon3)n(Cc3ccccc3F)n2)ncc1F)c1ccccc1.O=C=O. The van der Waals surface area contributed by atoms with Crippen LogP contribution in [0.3, 0.4) is 0 Å². The third-order valence-electron chi connectivity index (χ3n) is 5.23. The van der Waals surface area contributed by atoms with E-state index in [2.05, 4.69) is 20.2 Å². The first-order valence-corrected chi connectivity index (χ1v) is 10.8. The molecule has 3 heterocycles. The van der Waals surface area contributed by atoms with Crippen LogP contribution in [0.15, 0.2) is 83.7 Å². The fourth-order valence-corrected chi connectivity index (χ4v) is 3.51. The third-order valence-corrected chi connectivity index (χ3v) is 5.23. The molecule has 0 bridgehead atoms. The van der Waals surface area contributed by atoms with Crippen LogP contribution in [-0.2, 0) is 22.6 Å². The predicted octanol–water partition coefficient (Wildman–Crippen LogP) is 4.16. The van der Waals surface area contributed by atoms with Crippen LogP contribution in [0.4, 0.5) is 8.78 Å². The van der Waals surface area contributed by atoms with Crippen LogP contribution in [0.25, 0.3) is 22.9 Å². The average molecular weight is 501 g/mol. The Balaban J connectivity index is 0.00000102. The van der Waals surface area contributed by atoms with Crippen LogP contribution in [-0.4, -0.2) is 36.8 Å². The molecule has 2 aromatic carbocycles. The second-order valence-corrected chi connectivity index (χ2v) is 7.59. The maximum Gasteiger partial charge on any atom is 0.373 e. The zero-order valence-electron chi connectivity index (χ0n) is 19.0. The second-order valence-electron chi connectivity index (χ2n) is 7.59. The van der Waals surface area contributed by atoms with E-state index in [1.807, 2.05) is 0 Å². The summed E-state index contributed by atoms with van der Waals surface area (Å²) < 4.78 is 35.2. The normalized spacial score (nSPS) is 10.3. The van der Waals surface area contributed by atoms with Gasteiger partial charge in [-0.1, -0.05) is 53.7 Å². The van der Waals surface area contributed by atoms with E-state index in [0.29, 0.717) is 28.2 Å². The summed E-state index contributed by atoms with van der Waals surface area (Å²) in [5.74, 6) is -1.19. The molecule has 37 heavy (non-hydrogen) atoms. The smallest absolute Gasteiger partial charge is 0.364 e. The van der Waals surface area contributed by atoms with E-state index < -0.39 is 5.82 Å². The van der Waals surface area contributed by atoms with Gasteiger partial charge in [-0.05, 0) is 12.1 Å². The van der Waals surface area contributed by atoms with Gasteiger partial charge in [-0.2, -0.15) is 14.7 Å². The fourth-order valence-electron chi connectivity index (χ4n) is 3.51. The first-order chi connectivity index (χ1) is 18.0. The fraction of sp³-hybridized carbons (Fsp3) is 0.0769. The lowest BCUT2D eigenvalue weighted by Crippen LogP contribution is -2.09. The number of hydrogen-bond donors (Lipinski definition) is 0. The molecule has 0 aliphatic rings. The molecule has 0 fully saturated rings. The zero-order valence-corrected chi connectivity index (χ0v) is 19.0. The molecule has 0 radical (unpaired) electrons. The minimum Gasteiger partial charge on any atom is -0.364 e. The zero-order chi connectivity index (χ0) is 26.2. The number of rotatable bonds is 7. The number of carbonyl (C=O) groups excluding carboxylic acids is 3. The number of hydrogen-bond acceptors (Lipinski definition) is 8. The number of carbonyl (C=O) groups is 1. The van der Waals surface area contributed by atoms with Gasteiger partial charge in [0.25, 0.3) is 0 Å². The molecule has 0 saturated heterocycles. The number of halogens is 2. The largest absolute Gasteiger partial charge is 0.373 e. The van der Waals surface area contributed by atoms with E-state index in [9.17, 15) is 13.6 Å². The first kappa shape index (κ1) is 25.0. The topological polar surface area (TPSA) is 121 Å². The minimum atomic E-state index is -0.685. The van der Waals surface area contributed by atoms with Crippen LogP contribution in [0, 0.1) is 11.6 Å². The molecule has 9 nitrogen and oxygen atoms in total. The van der Waals surface area contributed by atoms with Crippen LogP contribution in [0.5, 0.6) is 0 Å². The summed E-state index contributed by atoms with van der Waals surface area (Å²) in [6, 6.07) is 18.3. The highest BCUT2D eigenvalue weighted by Gasteiger charge is 2.19. The van der Waals surface area contributed by atoms with E-state index in [-0.39, 0.29) is 42.2 Å². The Labute approximate surface area is 208 Å². The van der Waals surface area contributed by atoms with E-state index in [1.165, 1.54) is 12.3 Å². The standard InChI is InChI=1S/C25H17F2N5O2.CO2/c26-18-9-5-4-8-17(18)15-32-23(20-10-11-34-31-20)12-22(30-32)25-28-14-19(27)21(29-25)13-24(33)16-6-2-1-3-7-16;2-1-3/h1-12,14H,13,15H2;. The van der Waals surface area contributed by atoms with Crippen molar-refractivity contribution in [2.24, 2.45) is 0 Å². The maximum absolute atomic E-state index is 14.4. The Morgan fingerprint density at radius 2 is 1.68 bits per heavy atom. The van der Waals surface area contributed by atoms with Gasteiger partial charge in [-0.15, -0.1) is 0 Å². The van der Waals surface area contributed by atoms with Crippen molar-refractivity contribution in [3.63, 3.8) is 0 Å². The van der Waals surface area contributed by atoms with Crippen molar-refractivity contribution in [3.05, 3.63) is 108 Å². The van der Waals surface area contributed by atoms with Crippen LogP contribution >= 0.6 is 0 Å². The Hall–Kier alpha value is -5.15. The number of benzene rings is 2. The van der Waals surface area contributed by atoms with E-state index >= 15 is 0 Å². The highest BCUT2D eigenvalue weighted by Crippen LogP contribution is 2.25. The summed E-state index contributed by atoms with van der Waals surface area (Å²) in [4.78, 5) is 37.1. The van der Waals surface area contributed by atoms with Crippen molar-refractivity contribution in [1.29, 1.82) is 0 Å². The van der Waals surface area contributed by atoms with Gasteiger partial charge in [-0.3, -0.25) is 9.48 Å². The first-order valence-electron chi connectivity index (χ1n) is 10.8. The minimum absolute atomic E-state index is 0.0366. The summed E-state index contributed by atoms with van der Waals surface area (Å²) in [7, 11) is 0. The van der Waals surface area contributed by atoms with Crippen LogP contribution < -0.4 is 0 Å². The van der Waals surface area contributed by atoms with Crippen molar-refractivity contribution in [2.45, 2.75) is 13.0 Å². The van der Waals surface area contributed by atoms with Crippen molar-refractivity contribution in [3.8, 4) is 22.9 Å². The van der Waals surface area contributed by atoms with E-state index in [4.69, 9.17) is 14.1 Å². The maximum atomic E-state index is 14.4. The van der Waals surface area contributed by atoms with Gasteiger partial charge in [-0.25, -0.2) is 18.7 Å². The monoisotopic (exact) mass is 501 g/mol.